The number of esters is 1. The molecular formula is C29H30Cl2N6O7S. The Hall–Kier alpha value is -4.14. The zero-order valence-electron chi connectivity index (χ0n) is 24.3. The molecule has 5 rings (SSSR count). The number of nitrogens with zero attached hydrogens (tertiary/aromatic N) is 4. The van der Waals surface area contributed by atoms with Gasteiger partial charge in [-0.1, -0.05) is 47.5 Å². The standard InChI is InChI=1S/C29H30Cl2N6O7S/c1-44-26(39)21(16-36-13-10-23(34-28(36)41)33-25(38)24-19(30)7-5-8-20(24)31)32-27(40)35-14-11-29(12-15-35)17-37(45(2,42)43)22-9-4-3-6-18(22)29/h3-10,13,21H,11-12,14-17H2,1-2H3,(H,32,40)(H,33,34,38,41)/t21-/m1/s1. The lowest BCUT2D eigenvalue weighted by Crippen LogP contribution is -2.54. The van der Waals surface area contributed by atoms with Crippen molar-refractivity contribution in [2.45, 2.75) is 30.8 Å². The van der Waals surface area contributed by atoms with Crippen LogP contribution in [0.15, 0.2) is 59.5 Å². The molecule has 3 heterocycles. The summed E-state index contributed by atoms with van der Waals surface area (Å²) in [5.41, 5.74) is 0.376. The van der Waals surface area contributed by atoms with E-state index in [9.17, 15) is 27.6 Å². The molecule has 2 aromatic carbocycles. The van der Waals surface area contributed by atoms with Gasteiger partial charge in [0.1, 0.15) is 11.9 Å². The van der Waals surface area contributed by atoms with E-state index >= 15 is 0 Å². The number of amides is 3. The van der Waals surface area contributed by atoms with Crippen LogP contribution in [-0.4, -0.2) is 79.8 Å². The fourth-order valence-corrected chi connectivity index (χ4v) is 7.30. The number of aromatic nitrogens is 2. The Bertz CT molecular complexity index is 1810. The van der Waals surface area contributed by atoms with Crippen LogP contribution < -0.4 is 20.6 Å². The molecule has 1 aromatic heterocycles. The Kier molecular flexibility index (Phi) is 9.10. The van der Waals surface area contributed by atoms with Gasteiger partial charge in [-0.3, -0.25) is 13.7 Å². The number of piperidine rings is 1. The Morgan fingerprint density at radius 2 is 1.71 bits per heavy atom. The quantitative estimate of drug-likeness (QED) is 0.361. The van der Waals surface area contributed by atoms with Crippen molar-refractivity contribution in [3.05, 3.63) is 86.4 Å². The largest absolute Gasteiger partial charge is 0.467 e. The normalized spacial score (nSPS) is 16.2. The lowest BCUT2D eigenvalue weighted by atomic mass is 9.74. The van der Waals surface area contributed by atoms with E-state index in [-0.39, 0.29) is 28.0 Å². The third-order valence-electron chi connectivity index (χ3n) is 8.07. The van der Waals surface area contributed by atoms with E-state index in [0.29, 0.717) is 38.2 Å². The first-order valence-corrected chi connectivity index (χ1v) is 16.5. The number of benzene rings is 2. The predicted octanol–water partition coefficient (Wildman–Crippen LogP) is 2.87. The maximum atomic E-state index is 13.3. The molecule has 45 heavy (non-hydrogen) atoms. The molecule has 16 heteroatoms. The summed E-state index contributed by atoms with van der Waals surface area (Å²) < 4.78 is 32.3. The molecule has 1 fully saturated rings. The number of fused-ring (bicyclic) bond motifs is 2. The van der Waals surface area contributed by atoms with Crippen molar-refractivity contribution in [2.24, 2.45) is 0 Å². The summed E-state index contributed by atoms with van der Waals surface area (Å²) >= 11 is 12.2. The van der Waals surface area contributed by atoms with Crippen LogP contribution in [0.5, 0.6) is 0 Å². The molecule has 0 radical (unpaired) electrons. The summed E-state index contributed by atoms with van der Waals surface area (Å²) in [6.07, 6.45) is 3.53. The Morgan fingerprint density at radius 1 is 1.04 bits per heavy atom. The van der Waals surface area contributed by atoms with Crippen LogP contribution in [0, 0.1) is 0 Å². The van der Waals surface area contributed by atoms with Gasteiger partial charge in [0.05, 0.1) is 41.2 Å². The molecule has 2 N–H and O–H groups in total. The highest BCUT2D eigenvalue weighted by molar-refractivity contribution is 7.92. The van der Waals surface area contributed by atoms with Crippen molar-refractivity contribution in [1.82, 2.24) is 19.8 Å². The summed E-state index contributed by atoms with van der Waals surface area (Å²) in [5.74, 6) is -1.51. The number of para-hydroxylation sites is 1. The molecule has 0 saturated carbocycles. The van der Waals surface area contributed by atoms with E-state index in [0.717, 1.165) is 17.2 Å². The lowest BCUT2D eigenvalue weighted by molar-refractivity contribution is -0.143. The average molecular weight is 678 g/mol. The van der Waals surface area contributed by atoms with Gasteiger partial charge >= 0.3 is 17.7 Å². The van der Waals surface area contributed by atoms with E-state index in [4.69, 9.17) is 27.9 Å². The van der Waals surface area contributed by atoms with Gasteiger partial charge in [0.2, 0.25) is 10.0 Å². The van der Waals surface area contributed by atoms with Gasteiger partial charge in [0.25, 0.3) is 5.91 Å². The number of rotatable bonds is 7. The van der Waals surface area contributed by atoms with Crippen LogP contribution in [0.3, 0.4) is 0 Å². The topological polar surface area (TPSA) is 160 Å². The van der Waals surface area contributed by atoms with Gasteiger partial charge in [0, 0.05) is 31.2 Å². The molecule has 0 bridgehead atoms. The molecule has 1 atom stereocenters. The monoisotopic (exact) mass is 676 g/mol. The summed E-state index contributed by atoms with van der Waals surface area (Å²) in [6.45, 7) is 0.639. The number of carbonyl (C=O) groups is 3. The maximum Gasteiger partial charge on any atom is 0.349 e. The minimum absolute atomic E-state index is 0.0220. The number of anilines is 2. The van der Waals surface area contributed by atoms with Crippen molar-refractivity contribution in [1.29, 1.82) is 0 Å². The van der Waals surface area contributed by atoms with Crippen molar-refractivity contribution < 1.29 is 27.5 Å². The lowest BCUT2D eigenvalue weighted by Gasteiger charge is -2.40. The molecule has 3 aromatic rings. The van der Waals surface area contributed by atoms with Crippen LogP contribution in [0.25, 0.3) is 0 Å². The minimum Gasteiger partial charge on any atom is -0.467 e. The minimum atomic E-state index is -3.48. The first-order valence-electron chi connectivity index (χ1n) is 13.9. The molecule has 0 aliphatic carbocycles. The number of hydrogen-bond acceptors (Lipinski definition) is 8. The number of hydrogen-bond donors (Lipinski definition) is 2. The first-order chi connectivity index (χ1) is 21.3. The second-order valence-corrected chi connectivity index (χ2v) is 13.6. The molecule has 2 aliphatic rings. The highest BCUT2D eigenvalue weighted by atomic mass is 35.5. The number of likely N-dealkylation sites (tertiary alicyclic amines) is 1. The van der Waals surface area contributed by atoms with Gasteiger partial charge in [-0.25, -0.2) is 22.8 Å². The maximum absolute atomic E-state index is 13.3. The van der Waals surface area contributed by atoms with Crippen LogP contribution in [0.4, 0.5) is 16.3 Å². The van der Waals surface area contributed by atoms with Gasteiger partial charge in [-0.15, -0.1) is 0 Å². The molecule has 2 aliphatic heterocycles. The second kappa shape index (κ2) is 12.7. The number of urea groups is 1. The first kappa shape index (κ1) is 32.3. The number of halogens is 2. The molecule has 3 amide bonds. The second-order valence-electron chi connectivity index (χ2n) is 10.9. The third-order valence-corrected chi connectivity index (χ3v) is 9.82. The zero-order valence-corrected chi connectivity index (χ0v) is 26.7. The van der Waals surface area contributed by atoms with E-state index in [1.807, 2.05) is 12.1 Å². The van der Waals surface area contributed by atoms with Crippen LogP contribution in [0.2, 0.25) is 10.0 Å². The Labute approximate surface area is 269 Å². The molecule has 0 unspecified atom stereocenters. The predicted molar refractivity (Wildman–Crippen MR) is 168 cm³/mol. The van der Waals surface area contributed by atoms with Gasteiger partial charge < -0.3 is 20.3 Å². The van der Waals surface area contributed by atoms with Gasteiger partial charge in [0.15, 0.2) is 0 Å². The fourth-order valence-electron chi connectivity index (χ4n) is 5.74. The Balaban J connectivity index is 1.25. The average Bonchev–Trinajstić information content (AvgIpc) is 3.32. The highest BCUT2D eigenvalue weighted by Gasteiger charge is 2.47. The van der Waals surface area contributed by atoms with Crippen molar-refractivity contribution in [2.75, 3.05) is 42.6 Å². The highest BCUT2D eigenvalue weighted by Crippen LogP contribution is 2.47. The summed E-state index contributed by atoms with van der Waals surface area (Å²) in [5, 5.41) is 5.36. The summed E-state index contributed by atoms with van der Waals surface area (Å²) in [7, 11) is -2.32. The van der Waals surface area contributed by atoms with Gasteiger partial charge in [-0.05, 0) is 42.7 Å². The van der Waals surface area contributed by atoms with E-state index in [1.54, 1.807) is 23.1 Å². The Morgan fingerprint density at radius 3 is 2.33 bits per heavy atom. The van der Waals surface area contributed by atoms with E-state index in [2.05, 4.69) is 15.6 Å². The molecule has 13 nitrogen and oxygen atoms in total. The SMILES string of the molecule is COC(=O)[C@@H](Cn1ccc(NC(=O)c2c(Cl)cccc2Cl)nc1=O)NC(=O)N1CCC2(CC1)CN(S(C)(=O)=O)c1ccccc12. The van der Waals surface area contributed by atoms with Gasteiger partial charge in [-0.2, -0.15) is 4.98 Å². The van der Waals surface area contributed by atoms with E-state index < -0.39 is 45.1 Å². The van der Waals surface area contributed by atoms with Crippen LogP contribution >= 0.6 is 23.2 Å². The van der Waals surface area contributed by atoms with Crippen molar-refractivity contribution >= 4 is 62.6 Å². The van der Waals surface area contributed by atoms with Crippen LogP contribution in [-0.2, 0) is 31.5 Å². The fraction of sp³-hybridized carbons (Fsp3) is 0.345. The molecular weight excluding hydrogens is 647 g/mol. The summed E-state index contributed by atoms with van der Waals surface area (Å²) in [6, 6.07) is 11.6. The molecule has 1 spiro atoms. The number of sulfonamides is 1. The molecule has 238 valence electrons. The van der Waals surface area contributed by atoms with Crippen molar-refractivity contribution in [3.8, 4) is 0 Å². The van der Waals surface area contributed by atoms with E-state index in [1.165, 1.54) is 35.0 Å². The summed E-state index contributed by atoms with van der Waals surface area (Å²) in [4.78, 5) is 56.7. The van der Waals surface area contributed by atoms with Crippen molar-refractivity contribution in [3.63, 3.8) is 0 Å². The number of methoxy groups -OCH3 is 1. The number of nitrogens with one attached hydrogen (secondary N) is 2. The number of carbonyl (C=O) groups excluding carboxylic acids is 3. The number of ether oxygens (including phenoxy) is 1. The zero-order chi connectivity index (χ0) is 32.5. The smallest absolute Gasteiger partial charge is 0.349 e. The third kappa shape index (κ3) is 6.63. The molecule has 1 saturated heterocycles. The van der Waals surface area contributed by atoms with Crippen LogP contribution in [0.1, 0.15) is 28.8 Å².